The van der Waals surface area contributed by atoms with Crippen molar-refractivity contribution in [1.82, 2.24) is 4.90 Å². The number of nitrogens with two attached hydrogens (primary N) is 1. The number of nitrogens with zero attached hydrogens (tertiary/aromatic N) is 2. The van der Waals surface area contributed by atoms with E-state index in [1.165, 1.54) is 11.3 Å². The Balaban J connectivity index is 3.01. The van der Waals surface area contributed by atoms with Gasteiger partial charge < -0.3 is 15.5 Å². The zero-order valence-corrected chi connectivity index (χ0v) is 12.4. The highest BCUT2D eigenvalue weighted by atomic mass is 15.2. The first-order valence-corrected chi connectivity index (χ1v) is 6.73. The monoisotopic (exact) mass is 249 g/mol. The Hall–Kier alpha value is -1.06. The molecule has 0 fully saturated rings. The molecular formula is C15H27N3. The van der Waals surface area contributed by atoms with Crippen molar-refractivity contribution in [2.45, 2.75) is 32.9 Å². The Morgan fingerprint density at radius 1 is 1.17 bits per heavy atom. The average molecular weight is 249 g/mol. The fraction of sp³-hybridized carbons (Fsp3) is 0.600. The minimum atomic E-state index is 0.0711. The largest absolute Gasteiger partial charge is 0.368 e. The summed E-state index contributed by atoms with van der Waals surface area (Å²) in [5.74, 6) is 0. The Bertz CT molecular complexity index is 361. The van der Waals surface area contributed by atoms with Crippen molar-refractivity contribution in [2.75, 3.05) is 32.1 Å². The molecular weight excluding hydrogens is 222 g/mol. The second-order valence-electron chi connectivity index (χ2n) is 5.24. The summed E-state index contributed by atoms with van der Waals surface area (Å²) in [6, 6.07) is 9.00. The third-order valence-corrected chi connectivity index (χ3v) is 3.24. The van der Waals surface area contributed by atoms with Gasteiger partial charge in [0.25, 0.3) is 0 Å². The van der Waals surface area contributed by atoms with Crippen LogP contribution in [0.5, 0.6) is 0 Å². The van der Waals surface area contributed by atoms with Crippen LogP contribution in [-0.2, 0) is 0 Å². The highest BCUT2D eigenvalue weighted by Gasteiger charge is 2.17. The van der Waals surface area contributed by atoms with Crippen LogP contribution in [0.25, 0.3) is 0 Å². The number of likely N-dealkylation sites (N-methyl/N-ethyl adjacent to an activating group) is 2. The molecule has 0 aromatic heterocycles. The molecule has 3 heteroatoms. The van der Waals surface area contributed by atoms with Gasteiger partial charge in [-0.2, -0.15) is 0 Å². The first kappa shape index (κ1) is 15.0. The molecule has 0 amide bonds. The van der Waals surface area contributed by atoms with Gasteiger partial charge in [-0.3, -0.25) is 0 Å². The summed E-state index contributed by atoms with van der Waals surface area (Å²) >= 11 is 0. The molecule has 0 aliphatic rings. The van der Waals surface area contributed by atoms with Crippen molar-refractivity contribution in [1.29, 1.82) is 0 Å². The van der Waals surface area contributed by atoms with Gasteiger partial charge >= 0.3 is 0 Å². The van der Waals surface area contributed by atoms with E-state index in [1.807, 2.05) is 6.92 Å². The lowest BCUT2D eigenvalue weighted by Gasteiger charge is -2.34. The topological polar surface area (TPSA) is 32.5 Å². The highest BCUT2D eigenvalue weighted by Crippen LogP contribution is 2.26. The predicted molar refractivity (Wildman–Crippen MR) is 80.1 cm³/mol. The molecule has 1 rings (SSSR count). The van der Waals surface area contributed by atoms with Crippen molar-refractivity contribution < 1.29 is 0 Å². The molecule has 0 bridgehead atoms. The molecule has 0 radical (unpaired) electrons. The SMILES string of the molecule is CCN(c1ccccc1[C@@H](C)N)C(C)CN(C)C. The minimum absolute atomic E-state index is 0.0711. The number of hydrogen-bond acceptors (Lipinski definition) is 3. The number of hydrogen-bond donors (Lipinski definition) is 1. The zero-order valence-electron chi connectivity index (χ0n) is 12.4. The fourth-order valence-electron chi connectivity index (χ4n) is 2.48. The van der Waals surface area contributed by atoms with E-state index < -0.39 is 0 Å². The summed E-state index contributed by atoms with van der Waals surface area (Å²) in [6.07, 6.45) is 0. The van der Waals surface area contributed by atoms with Crippen LogP contribution in [-0.4, -0.2) is 38.1 Å². The molecule has 102 valence electrons. The number of para-hydroxylation sites is 1. The molecule has 1 aromatic rings. The lowest BCUT2D eigenvalue weighted by Crippen LogP contribution is -2.40. The van der Waals surface area contributed by atoms with Crippen LogP contribution in [0.15, 0.2) is 24.3 Å². The molecule has 0 heterocycles. The van der Waals surface area contributed by atoms with Crippen molar-refractivity contribution in [3.05, 3.63) is 29.8 Å². The third-order valence-electron chi connectivity index (χ3n) is 3.24. The minimum Gasteiger partial charge on any atom is -0.368 e. The predicted octanol–water partition coefficient (Wildman–Crippen LogP) is 2.48. The van der Waals surface area contributed by atoms with Gasteiger partial charge in [0.15, 0.2) is 0 Å². The molecule has 2 atom stereocenters. The maximum atomic E-state index is 6.07. The normalized spacial score (nSPS) is 14.6. The Kier molecular flexibility index (Phi) is 5.63. The van der Waals surface area contributed by atoms with E-state index in [0.717, 1.165) is 13.1 Å². The van der Waals surface area contributed by atoms with Crippen molar-refractivity contribution in [3.63, 3.8) is 0 Å². The smallest absolute Gasteiger partial charge is 0.0417 e. The van der Waals surface area contributed by atoms with Crippen LogP contribution in [0.1, 0.15) is 32.4 Å². The van der Waals surface area contributed by atoms with Crippen LogP contribution in [0.4, 0.5) is 5.69 Å². The molecule has 0 saturated carbocycles. The third kappa shape index (κ3) is 3.72. The molecule has 0 aliphatic heterocycles. The number of anilines is 1. The molecule has 0 saturated heterocycles. The second kappa shape index (κ2) is 6.76. The zero-order chi connectivity index (χ0) is 13.7. The summed E-state index contributed by atoms with van der Waals surface area (Å²) in [6.45, 7) is 8.55. The Labute approximate surface area is 112 Å². The Morgan fingerprint density at radius 3 is 2.28 bits per heavy atom. The molecule has 0 spiro atoms. The highest BCUT2D eigenvalue weighted by molar-refractivity contribution is 5.55. The van der Waals surface area contributed by atoms with Gasteiger partial charge in [-0.15, -0.1) is 0 Å². The molecule has 1 unspecified atom stereocenters. The fourth-order valence-corrected chi connectivity index (χ4v) is 2.48. The van der Waals surface area contributed by atoms with Gasteiger partial charge in [0.2, 0.25) is 0 Å². The summed E-state index contributed by atoms with van der Waals surface area (Å²) in [7, 11) is 4.23. The Morgan fingerprint density at radius 2 is 1.78 bits per heavy atom. The summed E-state index contributed by atoms with van der Waals surface area (Å²) in [4.78, 5) is 4.65. The molecule has 0 aliphatic carbocycles. The van der Waals surface area contributed by atoms with Gasteiger partial charge in [0.05, 0.1) is 0 Å². The van der Waals surface area contributed by atoms with Crippen molar-refractivity contribution in [2.24, 2.45) is 5.73 Å². The van der Waals surface area contributed by atoms with Gasteiger partial charge in [0, 0.05) is 30.9 Å². The van der Waals surface area contributed by atoms with E-state index in [1.54, 1.807) is 0 Å². The van der Waals surface area contributed by atoms with Crippen LogP contribution in [0.2, 0.25) is 0 Å². The van der Waals surface area contributed by atoms with E-state index >= 15 is 0 Å². The summed E-state index contributed by atoms with van der Waals surface area (Å²) in [5.41, 5.74) is 8.57. The van der Waals surface area contributed by atoms with Crippen molar-refractivity contribution in [3.8, 4) is 0 Å². The van der Waals surface area contributed by atoms with Gasteiger partial charge in [-0.05, 0) is 46.5 Å². The maximum absolute atomic E-state index is 6.07. The molecule has 3 nitrogen and oxygen atoms in total. The average Bonchev–Trinajstić information content (AvgIpc) is 2.29. The van der Waals surface area contributed by atoms with Gasteiger partial charge in [0.1, 0.15) is 0 Å². The van der Waals surface area contributed by atoms with Crippen LogP contribution in [0.3, 0.4) is 0 Å². The van der Waals surface area contributed by atoms with E-state index in [9.17, 15) is 0 Å². The summed E-state index contributed by atoms with van der Waals surface area (Å²) in [5, 5.41) is 0. The van der Waals surface area contributed by atoms with E-state index in [2.05, 4.69) is 62.0 Å². The quantitative estimate of drug-likeness (QED) is 0.840. The van der Waals surface area contributed by atoms with Crippen LogP contribution < -0.4 is 10.6 Å². The van der Waals surface area contributed by atoms with Gasteiger partial charge in [-0.25, -0.2) is 0 Å². The molecule has 1 aromatic carbocycles. The first-order chi connectivity index (χ1) is 8.47. The molecule has 18 heavy (non-hydrogen) atoms. The lowest BCUT2D eigenvalue weighted by molar-refractivity contribution is 0.372. The maximum Gasteiger partial charge on any atom is 0.0417 e. The van der Waals surface area contributed by atoms with Crippen LogP contribution in [0, 0.1) is 0 Å². The van der Waals surface area contributed by atoms with E-state index in [0.29, 0.717) is 6.04 Å². The molecule has 2 N–H and O–H groups in total. The van der Waals surface area contributed by atoms with Crippen LogP contribution >= 0.6 is 0 Å². The standard InChI is InChI=1S/C15H27N3/c1-6-18(12(2)11-17(4)5)15-10-8-7-9-14(15)13(3)16/h7-10,12-13H,6,11,16H2,1-5H3/t12?,13-/m1/s1. The lowest BCUT2D eigenvalue weighted by atomic mass is 10.0. The number of rotatable bonds is 6. The number of benzene rings is 1. The van der Waals surface area contributed by atoms with Crippen molar-refractivity contribution >= 4 is 5.69 Å². The summed E-state index contributed by atoms with van der Waals surface area (Å²) < 4.78 is 0. The van der Waals surface area contributed by atoms with E-state index in [4.69, 9.17) is 5.73 Å². The van der Waals surface area contributed by atoms with Gasteiger partial charge in [-0.1, -0.05) is 18.2 Å². The van der Waals surface area contributed by atoms with E-state index in [-0.39, 0.29) is 6.04 Å². The second-order valence-corrected chi connectivity index (χ2v) is 5.24. The first-order valence-electron chi connectivity index (χ1n) is 6.73.